The van der Waals surface area contributed by atoms with Crippen LogP contribution in [0.1, 0.15) is 27.7 Å². The molecule has 3 amide bonds. The van der Waals surface area contributed by atoms with Gasteiger partial charge in [0.25, 0.3) is 0 Å². The Hall–Kier alpha value is -2.17. The fourth-order valence-electron chi connectivity index (χ4n) is 3.04. The molecule has 0 bridgehead atoms. The van der Waals surface area contributed by atoms with Crippen molar-refractivity contribution in [2.75, 3.05) is 32.8 Å². The molecule has 10 heteroatoms. The molecule has 0 aromatic heterocycles. The van der Waals surface area contributed by atoms with E-state index in [1.165, 1.54) is 16.4 Å². The Morgan fingerprint density at radius 1 is 1.07 bits per heavy atom. The van der Waals surface area contributed by atoms with Crippen molar-refractivity contribution in [1.82, 2.24) is 19.8 Å². The number of benzene rings is 1. The molecule has 1 aliphatic heterocycles. The summed E-state index contributed by atoms with van der Waals surface area (Å²) in [6, 6.07) is 5.21. The average molecular weight is 427 g/mol. The molecular formula is C19H30N4O5S. The second kappa shape index (κ2) is 10.0. The van der Waals surface area contributed by atoms with Crippen LogP contribution in [0.4, 0.5) is 4.79 Å². The summed E-state index contributed by atoms with van der Waals surface area (Å²) in [5, 5.41) is 4.92. The molecule has 1 aliphatic rings. The van der Waals surface area contributed by atoms with Crippen molar-refractivity contribution in [2.45, 2.75) is 44.7 Å². The van der Waals surface area contributed by atoms with E-state index >= 15 is 0 Å². The molecule has 0 aliphatic carbocycles. The number of piperazine rings is 1. The van der Waals surface area contributed by atoms with E-state index in [1.54, 1.807) is 32.9 Å². The van der Waals surface area contributed by atoms with Gasteiger partial charge in [-0.25, -0.2) is 13.2 Å². The first-order valence-corrected chi connectivity index (χ1v) is 11.2. The Balaban J connectivity index is 1.93. The topological polar surface area (TPSA) is 108 Å². The molecule has 29 heavy (non-hydrogen) atoms. The van der Waals surface area contributed by atoms with Crippen molar-refractivity contribution in [1.29, 1.82) is 0 Å². The molecule has 1 atom stereocenters. The summed E-state index contributed by atoms with van der Waals surface area (Å²) >= 11 is 0. The van der Waals surface area contributed by atoms with Crippen LogP contribution in [-0.4, -0.2) is 74.4 Å². The Morgan fingerprint density at radius 3 is 2.17 bits per heavy atom. The monoisotopic (exact) mass is 426 g/mol. The third-order valence-electron chi connectivity index (χ3n) is 4.63. The van der Waals surface area contributed by atoms with Crippen molar-refractivity contribution in [3.63, 3.8) is 0 Å². The maximum absolute atomic E-state index is 12.8. The molecule has 1 heterocycles. The Labute approximate surface area is 172 Å². The van der Waals surface area contributed by atoms with Gasteiger partial charge in [-0.3, -0.25) is 15.0 Å². The lowest BCUT2D eigenvalue weighted by Gasteiger charge is -2.36. The van der Waals surface area contributed by atoms with E-state index in [4.69, 9.17) is 4.74 Å². The van der Waals surface area contributed by atoms with Crippen molar-refractivity contribution in [3.05, 3.63) is 24.3 Å². The first-order chi connectivity index (χ1) is 13.6. The molecule has 0 radical (unpaired) electrons. The molecule has 9 nitrogen and oxygen atoms in total. The average Bonchev–Trinajstić information content (AvgIpc) is 2.67. The van der Waals surface area contributed by atoms with Crippen molar-refractivity contribution < 1.29 is 22.7 Å². The van der Waals surface area contributed by atoms with Gasteiger partial charge in [0.15, 0.2) is 0 Å². The van der Waals surface area contributed by atoms with Crippen LogP contribution in [0.2, 0.25) is 0 Å². The summed E-state index contributed by atoms with van der Waals surface area (Å²) in [4.78, 5) is 26.0. The maximum Gasteiger partial charge on any atom is 0.321 e. The molecule has 2 rings (SSSR count). The van der Waals surface area contributed by atoms with Crippen LogP contribution >= 0.6 is 0 Å². The number of rotatable bonds is 7. The molecule has 162 valence electrons. The molecule has 2 N–H and O–H groups in total. The predicted molar refractivity (Wildman–Crippen MR) is 109 cm³/mol. The Bertz CT molecular complexity index is 802. The van der Waals surface area contributed by atoms with Gasteiger partial charge in [-0.2, -0.15) is 4.31 Å². The third-order valence-corrected chi connectivity index (χ3v) is 6.54. The number of nitrogens with one attached hydrogen (secondary N) is 2. The molecule has 0 unspecified atom stereocenters. The first kappa shape index (κ1) is 23.1. The highest BCUT2D eigenvalue weighted by Gasteiger charge is 2.32. The van der Waals surface area contributed by atoms with Crippen LogP contribution in [0.5, 0.6) is 5.75 Å². The number of sulfonamides is 1. The normalized spacial score (nSPS) is 17.0. The number of carbonyl (C=O) groups is 2. The molecular weight excluding hydrogens is 396 g/mol. The predicted octanol–water partition coefficient (Wildman–Crippen LogP) is 1.01. The van der Waals surface area contributed by atoms with Gasteiger partial charge in [0.05, 0.1) is 17.5 Å². The van der Waals surface area contributed by atoms with Gasteiger partial charge in [0.1, 0.15) is 5.75 Å². The fourth-order valence-corrected chi connectivity index (χ4v) is 4.46. The SMILES string of the molecule is CCOc1ccc(S(=O)(=O)N2CCN([C@@H](C)C(=O)NC(=O)NC(C)C)CC2)cc1. The minimum Gasteiger partial charge on any atom is -0.494 e. The number of hydrogen-bond donors (Lipinski definition) is 2. The number of imide groups is 1. The van der Waals surface area contributed by atoms with Gasteiger partial charge in [0.2, 0.25) is 15.9 Å². The van der Waals surface area contributed by atoms with Crippen molar-refractivity contribution in [3.8, 4) is 5.75 Å². The van der Waals surface area contributed by atoms with E-state index in [1.807, 2.05) is 11.8 Å². The highest BCUT2D eigenvalue weighted by atomic mass is 32.2. The standard InChI is InChI=1S/C19H30N4O5S/c1-5-28-16-6-8-17(9-7-16)29(26,27)23-12-10-22(11-13-23)15(4)18(24)21-19(25)20-14(2)3/h6-9,14-15H,5,10-13H2,1-4H3,(H2,20,21,24,25)/t15-/m0/s1. The second-order valence-electron chi connectivity index (χ2n) is 7.14. The van der Waals surface area contributed by atoms with E-state index in [2.05, 4.69) is 10.6 Å². The van der Waals surface area contributed by atoms with E-state index in [0.717, 1.165) is 0 Å². The van der Waals surface area contributed by atoms with Gasteiger partial charge in [-0.1, -0.05) is 0 Å². The summed E-state index contributed by atoms with van der Waals surface area (Å²) < 4.78 is 32.5. The zero-order chi connectivity index (χ0) is 21.6. The van der Waals surface area contributed by atoms with Crippen LogP contribution in [-0.2, 0) is 14.8 Å². The maximum atomic E-state index is 12.8. The Morgan fingerprint density at radius 2 is 1.66 bits per heavy atom. The highest BCUT2D eigenvalue weighted by Crippen LogP contribution is 2.21. The lowest BCUT2D eigenvalue weighted by atomic mass is 10.2. The quantitative estimate of drug-likeness (QED) is 0.674. The molecule has 0 spiro atoms. The fraction of sp³-hybridized carbons (Fsp3) is 0.579. The zero-order valence-corrected chi connectivity index (χ0v) is 18.2. The van der Waals surface area contributed by atoms with Gasteiger partial charge >= 0.3 is 6.03 Å². The Kier molecular flexibility index (Phi) is 8.00. The number of urea groups is 1. The largest absolute Gasteiger partial charge is 0.494 e. The summed E-state index contributed by atoms with van der Waals surface area (Å²) in [6.45, 7) is 9.02. The van der Waals surface area contributed by atoms with E-state index in [0.29, 0.717) is 25.4 Å². The number of amides is 3. The summed E-state index contributed by atoms with van der Waals surface area (Å²) in [7, 11) is -3.61. The summed E-state index contributed by atoms with van der Waals surface area (Å²) in [5.74, 6) is 0.212. The number of nitrogens with zero attached hydrogens (tertiary/aromatic N) is 2. The van der Waals surface area contributed by atoms with Gasteiger partial charge in [-0.05, 0) is 52.0 Å². The van der Waals surface area contributed by atoms with Gasteiger partial charge in [-0.15, -0.1) is 0 Å². The van der Waals surface area contributed by atoms with Crippen LogP contribution in [0.3, 0.4) is 0 Å². The van der Waals surface area contributed by atoms with Crippen LogP contribution in [0.15, 0.2) is 29.2 Å². The molecule has 0 saturated carbocycles. The third kappa shape index (κ3) is 6.15. The molecule has 1 fully saturated rings. The van der Waals surface area contributed by atoms with Gasteiger partial charge in [0, 0.05) is 32.2 Å². The minimum atomic E-state index is -3.61. The molecule has 1 saturated heterocycles. The smallest absolute Gasteiger partial charge is 0.321 e. The lowest BCUT2D eigenvalue weighted by molar-refractivity contribution is -0.125. The summed E-state index contributed by atoms with van der Waals surface area (Å²) in [6.07, 6.45) is 0. The van der Waals surface area contributed by atoms with Crippen LogP contribution in [0, 0.1) is 0 Å². The second-order valence-corrected chi connectivity index (χ2v) is 9.08. The van der Waals surface area contributed by atoms with Gasteiger partial charge < -0.3 is 10.1 Å². The number of carbonyl (C=O) groups excluding carboxylic acids is 2. The lowest BCUT2D eigenvalue weighted by Crippen LogP contribution is -2.56. The number of hydrogen-bond acceptors (Lipinski definition) is 6. The van der Waals surface area contributed by atoms with E-state index < -0.39 is 28.0 Å². The first-order valence-electron chi connectivity index (χ1n) is 9.73. The highest BCUT2D eigenvalue weighted by molar-refractivity contribution is 7.89. The molecule has 1 aromatic rings. The van der Waals surface area contributed by atoms with E-state index in [-0.39, 0.29) is 24.0 Å². The van der Waals surface area contributed by atoms with Crippen molar-refractivity contribution in [2.24, 2.45) is 0 Å². The molecule has 1 aromatic carbocycles. The minimum absolute atomic E-state index is 0.0746. The summed E-state index contributed by atoms with van der Waals surface area (Å²) in [5.41, 5.74) is 0. The zero-order valence-electron chi connectivity index (χ0n) is 17.3. The van der Waals surface area contributed by atoms with Crippen LogP contribution < -0.4 is 15.4 Å². The van der Waals surface area contributed by atoms with Crippen LogP contribution in [0.25, 0.3) is 0 Å². The van der Waals surface area contributed by atoms with E-state index in [9.17, 15) is 18.0 Å². The number of ether oxygens (including phenoxy) is 1. The van der Waals surface area contributed by atoms with Crippen molar-refractivity contribution >= 4 is 22.0 Å².